The molecule has 2 unspecified atom stereocenters. The van der Waals surface area contributed by atoms with E-state index in [9.17, 15) is 4.79 Å². The minimum atomic E-state index is -1.52. The van der Waals surface area contributed by atoms with E-state index in [1.165, 1.54) is 6.92 Å². The Morgan fingerprint density at radius 1 is 1.55 bits per heavy atom. The Balaban J connectivity index is 2.67. The summed E-state index contributed by atoms with van der Waals surface area (Å²) in [5, 5.41) is 26.8. The van der Waals surface area contributed by atoms with E-state index in [-0.39, 0.29) is 0 Å². The summed E-state index contributed by atoms with van der Waals surface area (Å²) < 4.78 is 4.46. The van der Waals surface area contributed by atoms with Crippen LogP contribution in [-0.2, 0) is 9.53 Å². The summed E-state index contributed by atoms with van der Waals surface area (Å²) in [4.78, 5) is 10.6. The fourth-order valence-corrected chi connectivity index (χ4v) is 0.976. The lowest BCUT2D eigenvalue weighted by Crippen LogP contribution is -2.37. The van der Waals surface area contributed by atoms with Crippen LogP contribution in [0.25, 0.3) is 0 Å². The first-order valence-electron chi connectivity index (χ1n) is 3.28. The van der Waals surface area contributed by atoms with Gasteiger partial charge in [0.05, 0.1) is 6.10 Å². The van der Waals surface area contributed by atoms with Gasteiger partial charge in [0.25, 0.3) is 0 Å². The van der Waals surface area contributed by atoms with Crippen molar-refractivity contribution >= 4 is 5.97 Å². The molecule has 0 radical (unpaired) electrons. The van der Waals surface area contributed by atoms with Gasteiger partial charge in [-0.15, -0.1) is 0 Å². The lowest BCUT2D eigenvalue weighted by atomic mass is 10.1. The van der Waals surface area contributed by atoms with Crippen molar-refractivity contribution in [2.24, 2.45) is 0 Å². The summed E-state index contributed by atoms with van der Waals surface area (Å²) in [6, 6.07) is 0. The van der Waals surface area contributed by atoms with E-state index in [0.29, 0.717) is 0 Å². The number of aliphatic hydroxyl groups excluding tert-OH is 3. The largest absolute Gasteiger partial charge is 0.455 e. The van der Waals surface area contributed by atoms with Gasteiger partial charge >= 0.3 is 5.97 Å². The van der Waals surface area contributed by atoms with Crippen LogP contribution in [0.15, 0.2) is 0 Å². The number of cyclic esters (lactones) is 1. The molecule has 64 valence electrons. The second-order valence-electron chi connectivity index (χ2n) is 2.58. The highest BCUT2D eigenvalue weighted by Gasteiger charge is 2.44. The number of ether oxygens (including phenoxy) is 1. The van der Waals surface area contributed by atoms with Crippen molar-refractivity contribution in [3.05, 3.63) is 0 Å². The number of carbonyl (C=O) groups excluding carboxylic acids is 1. The molecule has 0 amide bonds. The van der Waals surface area contributed by atoms with Gasteiger partial charge in [-0.3, -0.25) is 0 Å². The zero-order valence-electron chi connectivity index (χ0n) is 5.97. The Morgan fingerprint density at radius 2 is 2.09 bits per heavy atom. The molecule has 3 N–H and O–H groups in total. The van der Waals surface area contributed by atoms with Crippen molar-refractivity contribution in [2.75, 3.05) is 0 Å². The van der Waals surface area contributed by atoms with Crippen molar-refractivity contribution in [3.8, 4) is 0 Å². The Hall–Kier alpha value is -0.650. The first kappa shape index (κ1) is 8.45. The molecule has 4 atom stereocenters. The van der Waals surface area contributed by atoms with Gasteiger partial charge in [0.2, 0.25) is 0 Å². The van der Waals surface area contributed by atoms with E-state index in [2.05, 4.69) is 4.74 Å². The molecule has 1 rings (SSSR count). The molecule has 1 fully saturated rings. The van der Waals surface area contributed by atoms with Gasteiger partial charge in [0, 0.05) is 0 Å². The third-order valence-corrected chi connectivity index (χ3v) is 1.63. The number of rotatable bonds is 1. The fraction of sp³-hybridized carbons (Fsp3) is 0.833. The van der Waals surface area contributed by atoms with E-state index >= 15 is 0 Å². The summed E-state index contributed by atoms with van der Waals surface area (Å²) >= 11 is 0. The van der Waals surface area contributed by atoms with Gasteiger partial charge < -0.3 is 20.1 Å². The summed E-state index contributed by atoms with van der Waals surface area (Å²) in [5.41, 5.74) is 0. The predicted octanol–water partition coefficient (Wildman–Crippen LogP) is -1.99. The highest BCUT2D eigenvalue weighted by atomic mass is 16.6. The van der Waals surface area contributed by atoms with Crippen molar-refractivity contribution in [2.45, 2.75) is 31.3 Å². The highest BCUT2D eigenvalue weighted by molar-refractivity contribution is 5.77. The average Bonchev–Trinajstić information content (AvgIpc) is 2.17. The molecule has 1 saturated heterocycles. The molecule has 0 bridgehead atoms. The molecule has 0 saturated carbocycles. The Labute approximate surface area is 63.2 Å². The molecule has 0 spiro atoms. The van der Waals surface area contributed by atoms with E-state index < -0.39 is 30.4 Å². The third-order valence-electron chi connectivity index (χ3n) is 1.63. The van der Waals surface area contributed by atoms with Crippen LogP contribution in [-0.4, -0.2) is 45.7 Å². The van der Waals surface area contributed by atoms with Gasteiger partial charge in [-0.2, -0.15) is 0 Å². The highest BCUT2D eigenvalue weighted by Crippen LogP contribution is 2.18. The molecule has 11 heavy (non-hydrogen) atoms. The van der Waals surface area contributed by atoms with E-state index in [1.807, 2.05) is 0 Å². The van der Waals surface area contributed by atoms with E-state index in [0.717, 1.165) is 0 Å². The number of esters is 1. The summed E-state index contributed by atoms with van der Waals surface area (Å²) in [6.07, 6.45) is -4.80. The monoisotopic (exact) mass is 162 g/mol. The molecule has 0 aliphatic carbocycles. The minimum absolute atomic E-state index is 0.886. The smallest absolute Gasteiger partial charge is 0.338 e. The number of hydrogen-bond donors (Lipinski definition) is 3. The lowest BCUT2D eigenvalue weighted by Gasteiger charge is -2.15. The van der Waals surface area contributed by atoms with Gasteiger partial charge in [0.15, 0.2) is 12.2 Å². The van der Waals surface area contributed by atoms with Crippen molar-refractivity contribution in [3.63, 3.8) is 0 Å². The van der Waals surface area contributed by atoms with Crippen LogP contribution in [0.2, 0.25) is 0 Å². The summed E-state index contributed by atoms with van der Waals surface area (Å²) in [6.45, 7) is 1.37. The number of hydrogen-bond acceptors (Lipinski definition) is 5. The van der Waals surface area contributed by atoms with Crippen molar-refractivity contribution < 1.29 is 24.9 Å². The maximum absolute atomic E-state index is 10.6. The Bertz CT molecular complexity index is 166. The van der Waals surface area contributed by atoms with Gasteiger partial charge in [-0.05, 0) is 6.92 Å². The van der Waals surface area contributed by atoms with Crippen LogP contribution < -0.4 is 0 Å². The van der Waals surface area contributed by atoms with Crippen LogP contribution in [0.4, 0.5) is 0 Å². The molecular formula is C6H10O5. The van der Waals surface area contributed by atoms with Crippen LogP contribution in [0, 0.1) is 0 Å². The van der Waals surface area contributed by atoms with E-state index in [1.54, 1.807) is 0 Å². The van der Waals surface area contributed by atoms with E-state index in [4.69, 9.17) is 15.3 Å². The fourth-order valence-electron chi connectivity index (χ4n) is 0.976. The predicted molar refractivity (Wildman–Crippen MR) is 33.6 cm³/mol. The topological polar surface area (TPSA) is 87.0 Å². The molecule has 0 aromatic heterocycles. The zero-order chi connectivity index (χ0) is 8.59. The summed E-state index contributed by atoms with van der Waals surface area (Å²) in [7, 11) is 0. The third kappa shape index (κ3) is 1.35. The molecular weight excluding hydrogens is 152 g/mol. The zero-order valence-corrected chi connectivity index (χ0v) is 5.97. The Kier molecular flexibility index (Phi) is 2.12. The second kappa shape index (κ2) is 2.77. The number of carbonyl (C=O) groups is 1. The van der Waals surface area contributed by atoms with Crippen molar-refractivity contribution in [1.82, 2.24) is 0 Å². The number of aliphatic hydroxyl groups is 3. The van der Waals surface area contributed by atoms with Crippen LogP contribution in [0.3, 0.4) is 0 Å². The quantitative estimate of drug-likeness (QED) is 0.389. The molecule has 1 heterocycles. The summed E-state index contributed by atoms with van der Waals surface area (Å²) in [5.74, 6) is -0.886. The molecule has 1 aliphatic heterocycles. The standard InChI is InChI=1S/C6H10O5/c1-2(7)5-3(8)4(9)6(10)11-5/h2-5,7-9H,1H3/t2-,3?,4?,5+/m0/s1. The minimum Gasteiger partial charge on any atom is -0.455 e. The van der Waals surface area contributed by atoms with Crippen molar-refractivity contribution in [1.29, 1.82) is 0 Å². The first-order chi connectivity index (χ1) is 5.04. The van der Waals surface area contributed by atoms with Gasteiger partial charge in [-0.1, -0.05) is 0 Å². The maximum atomic E-state index is 10.6. The maximum Gasteiger partial charge on any atom is 0.338 e. The molecule has 5 nitrogen and oxygen atoms in total. The second-order valence-corrected chi connectivity index (χ2v) is 2.58. The lowest BCUT2D eigenvalue weighted by molar-refractivity contribution is -0.150. The SMILES string of the molecule is C[C@H](O)[C@H]1OC(=O)C(O)C1O. The first-order valence-corrected chi connectivity index (χ1v) is 3.28. The molecule has 1 aliphatic rings. The Morgan fingerprint density at radius 3 is 2.27 bits per heavy atom. The van der Waals surface area contributed by atoms with Crippen LogP contribution in [0.5, 0.6) is 0 Å². The average molecular weight is 162 g/mol. The van der Waals surface area contributed by atoms with Crippen LogP contribution in [0.1, 0.15) is 6.92 Å². The molecule has 0 aromatic rings. The van der Waals surface area contributed by atoms with Gasteiger partial charge in [0.1, 0.15) is 6.10 Å². The van der Waals surface area contributed by atoms with Gasteiger partial charge in [-0.25, -0.2) is 4.79 Å². The molecule has 0 aromatic carbocycles. The van der Waals surface area contributed by atoms with Crippen LogP contribution >= 0.6 is 0 Å². The molecule has 5 heteroatoms. The normalized spacial score (nSPS) is 40.4.